The summed E-state index contributed by atoms with van der Waals surface area (Å²) in [7, 11) is -1.79. The zero-order valence-electron chi connectivity index (χ0n) is 17.1. The Hall–Kier alpha value is -2.30. The van der Waals surface area contributed by atoms with E-state index in [1.54, 1.807) is 12.1 Å². The second-order valence-corrected chi connectivity index (χ2v) is 8.84. The van der Waals surface area contributed by atoms with Gasteiger partial charge in [0, 0.05) is 32.3 Å². The van der Waals surface area contributed by atoms with Gasteiger partial charge in [-0.3, -0.25) is 4.79 Å². The van der Waals surface area contributed by atoms with Gasteiger partial charge in [0.05, 0.1) is 25.0 Å². The number of carbonyl (C=O) groups is 2. The number of benzene rings is 1. The van der Waals surface area contributed by atoms with Crippen LogP contribution < -0.4 is 9.47 Å². The largest absolute Gasteiger partial charge is 0.491 e. The molecule has 1 aromatic carbocycles. The summed E-state index contributed by atoms with van der Waals surface area (Å²) >= 11 is 6.17. The van der Waals surface area contributed by atoms with E-state index in [9.17, 15) is 18.0 Å². The van der Waals surface area contributed by atoms with Gasteiger partial charge in [-0.2, -0.15) is 4.31 Å². The SMILES string of the molecule is CCOc1cc(C=CC(=O)OCC(=O)N2CCN(S(C)(=O)=O)CC2)cc(Cl)c1OC. The van der Waals surface area contributed by atoms with Gasteiger partial charge in [0.15, 0.2) is 18.1 Å². The summed E-state index contributed by atoms with van der Waals surface area (Å²) in [5, 5.41) is 0.333. The Bertz CT molecular complexity index is 910. The van der Waals surface area contributed by atoms with Crippen molar-refractivity contribution >= 4 is 39.6 Å². The fourth-order valence-electron chi connectivity index (χ4n) is 2.85. The molecular weight excluding hydrogens is 436 g/mol. The van der Waals surface area contributed by atoms with Gasteiger partial charge >= 0.3 is 5.97 Å². The molecule has 0 bridgehead atoms. The van der Waals surface area contributed by atoms with Crippen LogP contribution in [-0.2, 0) is 24.3 Å². The molecule has 11 heteroatoms. The van der Waals surface area contributed by atoms with E-state index in [0.29, 0.717) is 28.7 Å². The summed E-state index contributed by atoms with van der Waals surface area (Å²) in [6.07, 6.45) is 3.81. The third kappa shape index (κ3) is 6.61. The minimum atomic E-state index is -3.27. The van der Waals surface area contributed by atoms with Gasteiger partial charge in [-0.15, -0.1) is 0 Å². The first kappa shape index (κ1) is 24.0. The number of piperazine rings is 1. The zero-order chi connectivity index (χ0) is 22.3. The summed E-state index contributed by atoms with van der Waals surface area (Å²) in [4.78, 5) is 25.6. The molecule has 0 atom stereocenters. The average molecular weight is 461 g/mol. The number of carbonyl (C=O) groups excluding carboxylic acids is 2. The molecule has 0 aliphatic carbocycles. The lowest BCUT2D eigenvalue weighted by Gasteiger charge is -2.33. The molecule has 0 spiro atoms. The van der Waals surface area contributed by atoms with Gasteiger partial charge in [-0.1, -0.05) is 11.6 Å². The summed E-state index contributed by atoms with van der Waals surface area (Å²) in [5.74, 6) is -0.220. The van der Waals surface area contributed by atoms with Crippen LogP contribution in [0, 0.1) is 0 Å². The van der Waals surface area contributed by atoms with E-state index in [4.69, 9.17) is 25.8 Å². The Labute approximate surface area is 181 Å². The number of ether oxygens (including phenoxy) is 3. The molecule has 1 amide bonds. The molecule has 1 aliphatic heterocycles. The van der Waals surface area contributed by atoms with Crippen LogP contribution >= 0.6 is 11.6 Å². The molecule has 1 saturated heterocycles. The van der Waals surface area contributed by atoms with Crippen LogP contribution in [0.1, 0.15) is 12.5 Å². The van der Waals surface area contributed by atoms with E-state index < -0.39 is 22.6 Å². The molecule has 1 aliphatic rings. The Kier molecular flexibility index (Phi) is 8.51. The van der Waals surface area contributed by atoms with Crippen LogP contribution in [0.5, 0.6) is 11.5 Å². The van der Waals surface area contributed by atoms with Gasteiger partial charge < -0.3 is 19.1 Å². The maximum absolute atomic E-state index is 12.2. The van der Waals surface area contributed by atoms with Crippen LogP contribution in [0.2, 0.25) is 5.02 Å². The zero-order valence-corrected chi connectivity index (χ0v) is 18.7. The predicted molar refractivity (Wildman–Crippen MR) is 112 cm³/mol. The second kappa shape index (κ2) is 10.6. The van der Waals surface area contributed by atoms with Crippen molar-refractivity contribution < 1.29 is 32.2 Å². The Morgan fingerprint density at radius 2 is 1.87 bits per heavy atom. The molecule has 0 aromatic heterocycles. The second-order valence-electron chi connectivity index (χ2n) is 6.45. The van der Waals surface area contributed by atoms with Crippen LogP contribution in [0.15, 0.2) is 18.2 Å². The van der Waals surface area contributed by atoms with Crippen LogP contribution in [0.3, 0.4) is 0 Å². The lowest BCUT2D eigenvalue weighted by molar-refractivity contribution is -0.148. The number of hydrogen-bond donors (Lipinski definition) is 0. The highest BCUT2D eigenvalue weighted by Gasteiger charge is 2.26. The summed E-state index contributed by atoms with van der Waals surface area (Å²) in [6.45, 7) is 2.77. The smallest absolute Gasteiger partial charge is 0.331 e. The normalized spacial score (nSPS) is 15.3. The Morgan fingerprint density at radius 3 is 2.43 bits per heavy atom. The predicted octanol–water partition coefficient (Wildman–Crippen LogP) is 1.41. The van der Waals surface area contributed by atoms with Crippen LogP contribution in [0.25, 0.3) is 6.08 Å². The monoisotopic (exact) mass is 460 g/mol. The Morgan fingerprint density at radius 1 is 1.20 bits per heavy atom. The number of amides is 1. The van der Waals surface area contributed by atoms with Crippen molar-refractivity contribution in [1.82, 2.24) is 9.21 Å². The third-order valence-corrected chi connectivity index (χ3v) is 5.93. The number of rotatable bonds is 8. The molecule has 1 aromatic rings. The van der Waals surface area contributed by atoms with Crippen molar-refractivity contribution in [1.29, 1.82) is 0 Å². The first-order valence-electron chi connectivity index (χ1n) is 9.23. The number of esters is 1. The average Bonchev–Trinajstić information content (AvgIpc) is 2.70. The third-order valence-electron chi connectivity index (χ3n) is 4.35. The summed E-state index contributed by atoms with van der Waals surface area (Å²) in [6, 6.07) is 3.28. The highest BCUT2D eigenvalue weighted by molar-refractivity contribution is 7.88. The van der Waals surface area contributed by atoms with Crippen molar-refractivity contribution in [3.8, 4) is 11.5 Å². The number of halogens is 1. The van der Waals surface area contributed by atoms with E-state index in [-0.39, 0.29) is 32.1 Å². The van der Waals surface area contributed by atoms with E-state index in [1.807, 2.05) is 6.92 Å². The van der Waals surface area contributed by atoms with Crippen molar-refractivity contribution in [2.75, 3.05) is 52.8 Å². The minimum absolute atomic E-state index is 0.221. The quantitative estimate of drug-likeness (QED) is 0.427. The lowest BCUT2D eigenvalue weighted by Crippen LogP contribution is -2.51. The molecule has 0 unspecified atom stereocenters. The van der Waals surface area contributed by atoms with E-state index in [2.05, 4.69) is 0 Å². The molecule has 166 valence electrons. The molecule has 0 saturated carbocycles. The Balaban J connectivity index is 1.89. The van der Waals surface area contributed by atoms with Gasteiger partial charge in [0.25, 0.3) is 5.91 Å². The van der Waals surface area contributed by atoms with Gasteiger partial charge in [-0.05, 0) is 30.7 Å². The number of hydrogen-bond acceptors (Lipinski definition) is 7. The minimum Gasteiger partial charge on any atom is -0.491 e. The van der Waals surface area contributed by atoms with Crippen LogP contribution in [0.4, 0.5) is 0 Å². The van der Waals surface area contributed by atoms with Gasteiger partial charge in [-0.25, -0.2) is 13.2 Å². The maximum atomic E-state index is 12.2. The number of methoxy groups -OCH3 is 1. The molecule has 1 fully saturated rings. The molecular formula is C19H25ClN2O7S. The summed E-state index contributed by atoms with van der Waals surface area (Å²) in [5.41, 5.74) is 0.601. The standard InChI is InChI=1S/C19H25ClN2O7S/c1-4-28-16-12-14(11-15(20)19(16)27-2)5-6-18(24)29-13-17(23)21-7-9-22(10-8-21)30(3,25)26/h5-6,11-12H,4,7-10,13H2,1-3H3. The van der Waals surface area contributed by atoms with Crippen LogP contribution in [-0.4, -0.2) is 82.3 Å². The van der Waals surface area contributed by atoms with Gasteiger partial charge in [0.2, 0.25) is 10.0 Å². The number of sulfonamides is 1. The van der Waals surface area contributed by atoms with Crippen molar-refractivity contribution in [3.05, 3.63) is 28.8 Å². The highest BCUT2D eigenvalue weighted by atomic mass is 35.5. The first-order chi connectivity index (χ1) is 14.2. The first-order valence-corrected chi connectivity index (χ1v) is 11.5. The van der Waals surface area contributed by atoms with E-state index >= 15 is 0 Å². The summed E-state index contributed by atoms with van der Waals surface area (Å²) < 4.78 is 40.0. The fraction of sp³-hybridized carbons (Fsp3) is 0.474. The van der Waals surface area contributed by atoms with E-state index in [0.717, 1.165) is 6.26 Å². The molecule has 30 heavy (non-hydrogen) atoms. The van der Waals surface area contributed by atoms with Crippen molar-refractivity contribution in [2.45, 2.75) is 6.92 Å². The fourth-order valence-corrected chi connectivity index (χ4v) is 3.97. The lowest BCUT2D eigenvalue weighted by atomic mass is 10.2. The number of nitrogens with zero attached hydrogens (tertiary/aromatic N) is 2. The highest BCUT2D eigenvalue weighted by Crippen LogP contribution is 2.36. The maximum Gasteiger partial charge on any atom is 0.331 e. The van der Waals surface area contributed by atoms with Crippen molar-refractivity contribution in [2.24, 2.45) is 0 Å². The molecule has 2 rings (SSSR count). The molecule has 0 radical (unpaired) electrons. The van der Waals surface area contributed by atoms with Gasteiger partial charge in [0.1, 0.15) is 0 Å². The molecule has 9 nitrogen and oxygen atoms in total. The topological polar surface area (TPSA) is 102 Å². The molecule has 1 heterocycles. The van der Waals surface area contributed by atoms with E-state index in [1.165, 1.54) is 28.5 Å². The van der Waals surface area contributed by atoms with Crippen molar-refractivity contribution in [3.63, 3.8) is 0 Å². The molecule has 0 N–H and O–H groups in total.